The van der Waals surface area contributed by atoms with E-state index in [2.05, 4.69) is 19.2 Å². The lowest BCUT2D eigenvalue weighted by molar-refractivity contribution is -0.130. The second-order valence-electron chi connectivity index (χ2n) is 12.7. The van der Waals surface area contributed by atoms with E-state index < -0.39 is 40.0 Å². The van der Waals surface area contributed by atoms with Crippen LogP contribution in [0.5, 0.6) is 0 Å². The quantitative estimate of drug-likeness (QED) is 0.0334. The fourth-order valence-corrected chi connectivity index (χ4v) is 6.25. The number of amides is 1. The first-order chi connectivity index (χ1) is 20.7. The molecule has 3 unspecified atom stereocenters. The number of nitrogens with one attached hydrogen (secondary N) is 1. The smallest absolute Gasteiger partial charge is 0.267 e. The maximum absolute atomic E-state index is 12.5. The lowest BCUT2D eigenvalue weighted by atomic mass is 10.0. The lowest BCUT2D eigenvalue weighted by Crippen LogP contribution is -2.50. The van der Waals surface area contributed by atoms with Crippen molar-refractivity contribution >= 4 is 16.0 Å². The van der Waals surface area contributed by atoms with Gasteiger partial charge in [-0.1, -0.05) is 174 Å². The summed E-state index contributed by atoms with van der Waals surface area (Å²) in [5, 5.41) is 23.2. The molecule has 256 valence electrons. The number of aliphatic hydroxyl groups is 2. The first kappa shape index (κ1) is 42.0. The van der Waals surface area contributed by atoms with Gasteiger partial charge in [-0.25, -0.2) is 0 Å². The van der Waals surface area contributed by atoms with Crippen LogP contribution in [0.1, 0.15) is 181 Å². The third-order valence-corrected chi connectivity index (χ3v) is 9.10. The summed E-state index contributed by atoms with van der Waals surface area (Å²) < 4.78 is 32.3. The zero-order valence-electron chi connectivity index (χ0n) is 28.0. The van der Waals surface area contributed by atoms with E-state index in [-0.39, 0.29) is 6.42 Å². The second kappa shape index (κ2) is 29.7. The van der Waals surface area contributed by atoms with Crippen LogP contribution in [0.25, 0.3) is 0 Å². The van der Waals surface area contributed by atoms with Crippen molar-refractivity contribution < 1.29 is 28.0 Å². The van der Waals surface area contributed by atoms with Crippen LogP contribution in [-0.4, -0.2) is 53.1 Å². The van der Waals surface area contributed by atoms with Crippen LogP contribution in [0.15, 0.2) is 12.2 Å². The molecule has 0 heterocycles. The summed E-state index contributed by atoms with van der Waals surface area (Å²) in [5.74, 6) is -1.53. The Bertz CT molecular complexity index is 757. The monoisotopic (exact) mass is 631 g/mol. The van der Waals surface area contributed by atoms with Gasteiger partial charge in [0.15, 0.2) is 0 Å². The van der Waals surface area contributed by atoms with Gasteiger partial charge in [0, 0.05) is 0 Å². The van der Waals surface area contributed by atoms with Gasteiger partial charge in [0.2, 0.25) is 5.91 Å². The molecule has 0 aliphatic carbocycles. The highest BCUT2D eigenvalue weighted by Gasteiger charge is 2.27. The molecule has 43 heavy (non-hydrogen) atoms. The average molecular weight is 632 g/mol. The van der Waals surface area contributed by atoms with E-state index in [4.69, 9.17) is 0 Å². The van der Waals surface area contributed by atoms with Crippen LogP contribution in [0.3, 0.4) is 0 Å². The largest absolute Gasteiger partial charge is 0.387 e. The summed E-state index contributed by atoms with van der Waals surface area (Å²) in [5.41, 5.74) is 0. The fourth-order valence-electron chi connectivity index (χ4n) is 5.51. The van der Waals surface area contributed by atoms with Crippen molar-refractivity contribution in [3.05, 3.63) is 12.2 Å². The molecule has 0 aromatic heterocycles. The Kier molecular flexibility index (Phi) is 29.1. The summed E-state index contributed by atoms with van der Waals surface area (Å²) in [6.07, 6.45) is 31.3. The lowest BCUT2D eigenvalue weighted by Gasteiger charge is -2.22. The van der Waals surface area contributed by atoms with E-state index in [9.17, 15) is 28.0 Å². The zero-order chi connectivity index (χ0) is 32.0. The first-order valence-electron chi connectivity index (χ1n) is 18.0. The molecule has 0 spiro atoms. The molecule has 0 aliphatic heterocycles. The second-order valence-corrected chi connectivity index (χ2v) is 14.2. The fraction of sp³-hybridized carbons (Fsp3) is 0.914. The van der Waals surface area contributed by atoms with Gasteiger partial charge in [0.05, 0.1) is 17.9 Å². The molecule has 0 rings (SSSR count). The van der Waals surface area contributed by atoms with Crippen LogP contribution in [0.4, 0.5) is 0 Å². The molecule has 0 aromatic carbocycles. The minimum absolute atomic E-state index is 0.285. The van der Waals surface area contributed by atoms with Crippen LogP contribution in [0.2, 0.25) is 0 Å². The standard InChI is InChI=1S/C35H69NO6S/c1-3-5-7-9-11-13-15-16-17-18-19-20-22-24-26-28-30-34(38)35(39)36-32(31-43(40,41)42)33(37)29-27-25-23-21-14-12-10-8-6-4-2/h27,29,32-34,37-38H,3-26,28,30-31H2,1-2H3,(H,36,39)(H,40,41,42)/b29-27+. The highest BCUT2D eigenvalue weighted by molar-refractivity contribution is 7.85. The van der Waals surface area contributed by atoms with E-state index >= 15 is 0 Å². The molecule has 3 atom stereocenters. The molecule has 0 aromatic rings. The van der Waals surface area contributed by atoms with Gasteiger partial charge >= 0.3 is 0 Å². The van der Waals surface area contributed by atoms with Gasteiger partial charge in [0.1, 0.15) is 6.10 Å². The third-order valence-electron chi connectivity index (χ3n) is 8.32. The van der Waals surface area contributed by atoms with Crippen molar-refractivity contribution in [3.8, 4) is 0 Å². The Balaban J connectivity index is 4.06. The van der Waals surface area contributed by atoms with Crippen LogP contribution >= 0.6 is 0 Å². The van der Waals surface area contributed by atoms with Crippen LogP contribution in [0, 0.1) is 0 Å². The van der Waals surface area contributed by atoms with Gasteiger partial charge in [-0.05, 0) is 19.3 Å². The number of hydrogen-bond acceptors (Lipinski definition) is 5. The van der Waals surface area contributed by atoms with Crippen molar-refractivity contribution in [2.75, 3.05) is 5.75 Å². The van der Waals surface area contributed by atoms with Crippen molar-refractivity contribution in [2.45, 2.75) is 199 Å². The molecule has 7 nitrogen and oxygen atoms in total. The predicted molar refractivity (Wildman–Crippen MR) is 181 cm³/mol. The van der Waals surface area contributed by atoms with Crippen LogP contribution < -0.4 is 5.32 Å². The van der Waals surface area contributed by atoms with Gasteiger partial charge in [-0.2, -0.15) is 8.42 Å². The van der Waals surface area contributed by atoms with Gasteiger partial charge in [0.25, 0.3) is 10.1 Å². The summed E-state index contributed by atoms with van der Waals surface area (Å²) in [6.45, 7) is 4.46. The Hall–Kier alpha value is -0.960. The highest BCUT2D eigenvalue weighted by atomic mass is 32.2. The molecular formula is C35H69NO6S. The Morgan fingerprint density at radius 1 is 0.628 bits per heavy atom. The maximum Gasteiger partial charge on any atom is 0.267 e. The van der Waals surface area contributed by atoms with Crippen LogP contribution in [-0.2, 0) is 14.9 Å². The number of aliphatic hydroxyl groups excluding tert-OH is 2. The van der Waals surface area contributed by atoms with Crippen molar-refractivity contribution in [2.24, 2.45) is 0 Å². The molecule has 0 radical (unpaired) electrons. The summed E-state index contributed by atoms with van der Waals surface area (Å²) in [4.78, 5) is 12.5. The maximum atomic E-state index is 12.5. The van der Waals surface area contributed by atoms with Gasteiger partial charge < -0.3 is 15.5 Å². The minimum atomic E-state index is -4.43. The van der Waals surface area contributed by atoms with E-state index in [1.165, 1.54) is 122 Å². The van der Waals surface area contributed by atoms with Crippen molar-refractivity contribution in [1.82, 2.24) is 5.32 Å². The molecule has 0 saturated heterocycles. The molecule has 1 amide bonds. The Morgan fingerprint density at radius 3 is 1.40 bits per heavy atom. The Morgan fingerprint density at radius 2 is 1.00 bits per heavy atom. The molecule has 8 heteroatoms. The minimum Gasteiger partial charge on any atom is -0.387 e. The number of unbranched alkanes of at least 4 members (excludes halogenated alkanes) is 23. The van der Waals surface area contributed by atoms with E-state index in [0.717, 1.165) is 38.5 Å². The van der Waals surface area contributed by atoms with Crippen molar-refractivity contribution in [3.63, 3.8) is 0 Å². The topological polar surface area (TPSA) is 124 Å². The first-order valence-corrected chi connectivity index (χ1v) is 19.6. The molecule has 4 N–H and O–H groups in total. The van der Waals surface area contributed by atoms with Gasteiger partial charge in [-0.15, -0.1) is 0 Å². The molecule has 0 aliphatic rings. The Labute approximate surface area is 265 Å². The normalized spacial score (nSPS) is 14.3. The van der Waals surface area contributed by atoms with E-state index in [1.54, 1.807) is 6.08 Å². The summed E-state index contributed by atoms with van der Waals surface area (Å²) in [6, 6.07) is -1.22. The molecule has 0 bridgehead atoms. The number of carbonyl (C=O) groups is 1. The number of hydrogen-bond donors (Lipinski definition) is 4. The van der Waals surface area contributed by atoms with E-state index in [0.29, 0.717) is 6.42 Å². The van der Waals surface area contributed by atoms with Gasteiger partial charge in [-0.3, -0.25) is 9.35 Å². The molecular weight excluding hydrogens is 562 g/mol. The number of rotatable bonds is 32. The van der Waals surface area contributed by atoms with E-state index in [1.807, 2.05) is 0 Å². The third kappa shape index (κ3) is 29.5. The van der Waals surface area contributed by atoms with Crippen molar-refractivity contribution in [1.29, 1.82) is 0 Å². The summed E-state index contributed by atoms with van der Waals surface area (Å²) in [7, 11) is -4.43. The predicted octanol–water partition coefficient (Wildman–Crippen LogP) is 8.82. The molecule has 0 saturated carbocycles. The average Bonchev–Trinajstić information content (AvgIpc) is 2.96. The number of carbonyl (C=O) groups excluding carboxylic acids is 1. The SMILES string of the molecule is CCCCCCCCCC/C=C/C(O)C(CS(=O)(=O)O)NC(=O)C(O)CCCCCCCCCCCCCCCCCC. The number of allylic oxidation sites excluding steroid dienone is 1. The summed E-state index contributed by atoms with van der Waals surface area (Å²) >= 11 is 0. The molecule has 0 fully saturated rings. The zero-order valence-corrected chi connectivity index (χ0v) is 28.8. The highest BCUT2D eigenvalue weighted by Crippen LogP contribution is 2.15.